The van der Waals surface area contributed by atoms with E-state index in [0.29, 0.717) is 32.1 Å². The van der Waals surface area contributed by atoms with Crippen LogP contribution in [0.1, 0.15) is 30.4 Å². The van der Waals surface area contributed by atoms with E-state index in [1.165, 1.54) is 4.88 Å². The molecule has 1 aromatic carbocycles. The van der Waals surface area contributed by atoms with Crippen LogP contribution in [0.4, 0.5) is 10.6 Å². The minimum Gasteiger partial charge on any atom is -0.378 e. The van der Waals surface area contributed by atoms with Crippen LogP contribution in [-0.2, 0) is 20.2 Å². The summed E-state index contributed by atoms with van der Waals surface area (Å²) >= 11 is 5.37. The molecule has 4 aromatic rings. The Morgan fingerprint density at radius 2 is 1.90 bits per heavy atom. The number of piperazine rings is 1. The van der Waals surface area contributed by atoms with E-state index in [4.69, 9.17) is 24.5 Å². The Labute approximate surface area is 247 Å². The summed E-state index contributed by atoms with van der Waals surface area (Å²) in [7, 11) is 0. The van der Waals surface area contributed by atoms with Crippen LogP contribution in [-0.4, -0.2) is 94.7 Å². The van der Waals surface area contributed by atoms with E-state index in [1.54, 1.807) is 16.2 Å². The molecule has 216 valence electrons. The van der Waals surface area contributed by atoms with E-state index >= 15 is 0 Å². The van der Waals surface area contributed by atoms with Crippen LogP contribution >= 0.6 is 24.2 Å². The molecule has 0 N–H and O–H groups in total. The molecule has 3 aliphatic rings. The van der Waals surface area contributed by atoms with Gasteiger partial charge in [0.15, 0.2) is 5.82 Å². The number of hydrogen-bond donors (Lipinski definition) is 1. The first-order chi connectivity index (χ1) is 20.2. The lowest BCUT2D eigenvalue weighted by Crippen LogP contribution is -2.47. The molecule has 7 rings (SSSR count). The number of thiophene rings is 1. The standard InChI is InChI=1S/C28H33N7O4S2/c36-28(39-40)34-9-7-32(8-10-34)17-19-16-21-26(33-11-14-37-15-12-33)29-25(30-27(21)41-19)20-4-3-5-23-22(20)18-35(31-23)24-6-1-2-13-38-24/h3-5,16,18,24,40H,1-2,6-15,17H2. The van der Waals surface area contributed by atoms with Crippen molar-refractivity contribution in [3.8, 4) is 11.4 Å². The van der Waals surface area contributed by atoms with E-state index in [0.717, 1.165) is 91.1 Å². The number of hydrogen-bond acceptors (Lipinski definition) is 11. The van der Waals surface area contributed by atoms with Crippen LogP contribution in [0.3, 0.4) is 0 Å². The van der Waals surface area contributed by atoms with Crippen molar-refractivity contribution in [3.05, 3.63) is 35.3 Å². The molecule has 0 bridgehead atoms. The molecule has 13 heteroatoms. The van der Waals surface area contributed by atoms with Gasteiger partial charge in [0.05, 0.1) is 24.1 Å². The Bertz CT molecular complexity index is 1540. The highest BCUT2D eigenvalue weighted by atomic mass is 32.1. The third-order valence-electron chi connectivity index (χ3n) is 8.08. The molecular weight excluding hydrogens is 562 g/mol. The van der Waals surface area contributed by atoms with Gasteiger partial charge in [0.1, 0.15) is 16.9 Å². The quantitative estimate of drug-likeness (QED) is 0.267. The van der Waals surface area contributed by atoms with Gasteiger partial charge in [-0.05, 0) is 31.4 Å². The second-order valence-corrected chi connectivity index (χ2v) is 12.0. The maximum absolute atomic E-state index is 11.8. The van der Waals surface area contributed by atoms with Gasteiger partial charge in [-0.3, -0.25) is 4.90 Å². The van der Waals surface area contributed by atoms with E-state index in [2.05, 4.69) is 45.2 Å². The maximum atomic E-state index is 11.8. The fourth-order valence-electron chi connectivity index (χ4n) is 5.87. The molecular formula is C28H33N7O4S2. The monoisotopic (exact) mass is 595 g/mol. The minimum atomic E-state index is -0.389. The molecule has 3 aliphatic heterocycles. The molecule has 0 radical (unpaired) electrons. The van der Waals surface area contributed by atoms with Crippen molar-refractivity contribution in [2.24, 2.45) is 0 Å². The normalized spacial score (nSPS) is 20.7. The summed E-state index contributed by atoms with van der Waals surface area (Å²) in [6, 6.07) is 8.40. The lowest BCUT2D eigenvalue weighted by Gasteiger charge is -2.33. The molecule has 3 saturated heterocycles. The fourth-order valence-corrected chi connectivity index (χ4v) is 7.05. The summed E-state index contributed by atoms with van der Waals surface area (Å²) in [5.41, 5.74) is 1.89. The topological polar surface area (TPSA) is 98.1 Å². The average molecular weight is 596 g/mol. The molecule has 1 atom stereocenters. The van der Waals surface area contributed by atoms with Crippen molar-refractivity contribution in [1.82, 2.24) is 29.5 Å². The van der Waals surface area contributed by atoms with Crippen molar-refractivity contribution < 1.29 is 18.5 Å². The first-order valence-corrected chi connectivity index (χ1v) is 15.4. The van der Waals surface area contributed by atoms with Crippen LogP contribution in [0.5, 0.6) is 0 Å². The lowest BCUT2D eigenvalue weighted by molar-refractivity contribution is -0.0390. The SMILES string of the molecule is O=C(OS)N1CCN(Cc2cc3c(N4CCOCC4)nc(-c4cccc5nn(C6CCCCO6)cc45)nc3s2)CC1. The van der Waals surface area contributed by atoms with Crippen molar-refractivity contribution in [2.75, 3.05) is 64.0 Å². The van der Waals surface area contributed by atoms with Crippen molar-refractivity contribution in [1.29, 1.82) is 0 Å². The number of ether oxygens (including phenoxy) is 2. The van der Waals surface area contributed by atoms with Crippen molar-refractivity contribution >= 4 is 57.3 Å². The zero-order chi connectivity index (χ0) is 27.8. The van der Waals surface area contributed by atoms with Gasteiger partial charge in [-0.2, -0.15) is 5.10 Å². The van der Waals surface area contributed by atoms with Crippen LogP contribution < -0.4 is 4.90 Å². The molecule has 11 nitrogen and oxygen atoms in total. The van der Waals surface area contributed by atoms with E-state index < -0.39 is 0 Å². The number of thiol groups is 1. The number of anilines is 1. The minimum absolute atomic E-state index is 0.0263. The maximum Gasteiger partial charge on any atom is 0.421 e. The van der Waals surface area contributed by atoms with Gasteiger partial charge in [-0.15, -0.1) is 11.3 Å². The second-order valence-electron chi connectivity index (χ2n) is 10.7. The smallest absolute Gasteiger partial charge is 0.378 e. The average Bonchev–Trinajstić information content (AvgIpc) is 3.65. The van der Waals surface area contributed by atoms with Crippen molar-refractivity contribution in [3.63, 3.8) is 0 Å². The summed E-state index contributed by atoms with van der Waals surface area (Å²) in [6.07, 6.45) is 4.89. The summed E-state index contributed by atoms with van der Waals surface area (Å²) in [6.45, 7) is 7.32. The number of amides is 1. The largest absolute Gasteiger partial charge is 0.421 e. The highest BCUT2D eigenvalue weighted by Crippen LogP contribution is 2.36. The summed E-state index contributed by atoms with van der Waals surface area (Å²) in [5.74, 6) is 1.66. The van der Waals surface area contributed by atoms with Crippen LogP contribution in [0.15, 0.2) is 30.5 Å². The molecule has 1 unspecified atom stereocenters. The Kier molecular flexibility index (Phi) is 7.69. The third kappa shape index (κ3) is 5.48. The first-order valence-electron chi connectivity index (χ1n) is 14.2. The number of nitrogens with zero attached hydrogens (tertiary/aromatic N) is 7. The van der Waals surface area contributed by atoms with E-state index in [1.807, 2.05) is 16.8 Å². The van der Waals surface area contributed by atoms with Gasteiger partial charge in [0, 0.05) is 87.4 Å². The van der Waals surface area contributed by atoms with Gasteiger partial charge in [-0.1, -0.05) is 12.1 Å². The Balaban J connectivity index is 1.23. The van der Waals surface area contributed by atoms with Crippen LogP contribution in [0.25, 0.3) is 32.5 Å². The number of carbonyl (C=O) groups excluding carboxylic acids is 1. The first kappa shape index (κ1) is 26.9. The number of benzene rings is 1. The molecule has 0 saturated carbocycles. The van der Waals surface area contributed by atoms with Crippen molar-refractivity contribution in [2.45, 2.75) is 32.0 Å². The zero-order valence-corrected chi connectivity index (χ0v) is 24.5. The molecule has 3 aromatic heterocycles. The van der Waals surface area contributed by atoms with Gasteiger partial charge in [0.2, 0.25) is 0 Å². The van der Waals surface area contributed by atoms with Gasteiger partial charge >= 0.3 is 6.09 Å². The van der Waals surface area contributed by atoms with Gasteiger partial charge < -0.3 is 23.5 Å². The highest BCUT2D eigenvalue weighted by molar-refractivity contribution is 7.75. The Hall–Kier alpha value is -2.97. The molecule has 0 aliphatic carbocycles. The second kappa shape index (κ2) is 11.7. The Morgan fingerprint density at radius 3 is 2.68 bits per heavy atom. The summed E-state index contributed by atoms with van der Waals surface area (Å²) < 4.78 is 18.2. The number of fused-ring (bicyclic) bond motifs is 2. The van der Waals surface area contributed by atoms with Gasteiger partial charge in [0.25, 0.3) is 0 Å². The van der Waals surface area contributed by atoms with Crippen LogP contribution in [0, 0.1) is 0 Å². The molecule has 0 spiro atoms. The zero-order valence-electron chi connectivity index (χ0n) is 22.8. The number of morpholine rings is 1. The molecule has 3 fully saturated rings. The molecule has 6 heterocycles. The highest BCUT2D eigenvalue weighted by Gasteiger charge is 2.25. The van der Waals surface area contributed by atoms with Gasteiger partial charge in [-0.25, -0.2) is 19.4 Å². The summed E-state index contributed by atoms with van der Waals surface area (Å²) in [4.78, 5) is 30.7. The predicted molar refractivity (Wildman–Crippen MR) is 160 cm³/mol. The molecule has 1 amide bonds. The van der Waals surface area contributed by atoms with Crippen LogP contribution in [0.2, 0.25) is 0 Å². The predicted octanol–water partition coefficient (Wildman–Crippen LogP) is 4.34. The lowest BCUT2D eigenvalue weighted by atomic mass is 10.1. The number of aromatic nitrogens is 4. The number of carbonyl (C=O) groups is 1. The van der Waals surface area contributed by atoms with E-state index in [-0.39, 0.29) is 12.3 Å². The Morgan fingerprint density at radius 1 is 1.05 bits per heavy atom. The fraction of sp³-hybridized carbons (Fsp3) is 0.500. The molecule has 41 heavy (non-hydrogen) atoms. The summed E-state index contributed by atoms with van der Waals surface area (Å²) in [5, 5.41) is 6.96. The third-order valence-corrected chi connectivity index (χ3v) is 9.25. The van der Waals surface area contributed by atoms with E-state index in [9.17, 15) is 4.79 Å². The number of rotatable bonds is 5.